The number of carbonyl (C=O) groups is 2. The van der Waals surface area contributed by atoms with Crippen molar-refractivity contribution < 1.29 is 24.5 Å². The number of carbonyl (C=O) groups excluding carboxylic acids is 1. The molecule has 1 aliphatic heterocycles. The topological polar surface area (TPSA) is 131 Å². The Morgan fingerprint density at radius 2 is 2.22 bits per heavy atom. The van der Waals surface area contributed by atoms with Gasteiger partial charge in [0.1, 0.15) is 36.3 Å². The van der Waals surface area contributed by atoms with Gasteiger partial charge >= 0.3 is 5.97 Å². The molecule has 2 aromatic heterocycles. The Morgan fingerprint density at radius 1 is 1.41 bits per heavy atom. The van der Waals surface area contributed by atoms with Crippen LogP contribution < -0.4 is 15.6 Å². The van der Waals surface area contributed by atoms with Crippen LogP contribution in [-0.4, -0.2) is 44.8 Å². The predicted octanol–water partition coefficient (Wildman–Crippen LogP) is 0.960. The number of nitrogens with one attached hydrogen (secondary N) is 1. The van der Waals surface area contributed by atoms with Gasteiger partial charge in [0.2, 0.25) is 0 Å². The number of ether oxygens (including phenoxy) is 1. The minimum atomic E-state index is -1.26. The Morgan fingerprint density at radius 3 is 2.93 bits per heavy atom. The average molecular weight is 387 g/mol. The summed E-state index contributed by atoms with van der Waals surface area (Å²) in [7, 11) is 0. The fourth-order valence-electron chi connectivity index (χ4n) is 3.13. The van der Waals surface area contributed by atoms with Crippen molar-refractivity contribution in [3.63, 3.8) is 0 Å². The van der Waals surface area contributed by atoms with E-state index in [-0.39, 0.29) is 12.0 Å². The quantitative estimate of drug-likeness (QED) is 0.608. The SMILES string of the molecule is O=C(O)CNC(=O)c1c(O)c2cccc3c2n(c1=O)C(c1cncs1)CO3. The number of aromatic hydroxyl groups is 1. The van der Waals surface area contributed by atoms with Crippen LogP contribution in [0.2, 0.25) is 0 Å². The van der Waals surface area contributed by atoms with Gasteiger partial charge in [0, 0.05) is 11.6 Å². The standard InChI is InChI=1S/C17H13N3O6S/c21-12(22)5-19-16(24)13-15(23)8-2-1-3-10-14(8)20(17(13)25)9(6-26-10)11-4-18-7-27-11/h1-4,7,9,23H,5-6H2,(H,19,24)(H,21,22). The number of rotatable bonds is 4. The lowest BCUT2D eigenvalue weighted by molar-refractivity contribution is -0.135. The minimum absolute atomic E-state index is 0.162. The summed E-state index contributed by atoms with van der Waals surface area (Å²) < 4.78 is 7.15. The zero-order valence-electron chi connectivity index (χ0n) is 13.7. The monoisotopic (exact) mass is 387 g/mol. The van der Waals surface area contributed by atoms with Crippen molar-refractivity contribution in [3.8, 4) is 11.5 Å². The number of amides is 1. The number of hydrogen-bond donors (Lipinski definition) is 3. The van der Waals surface area contributed by atoms with Crippen LogP contribution in [0.4, 0.5) is 0 Å². The number of aromatic nitrogens is 2. The first-order valence-electron chi connectivity index (χ1n) is 7.90. The normalized spacial score (nSPS) is 15.3. The fourth-order valence-corrected chi connectivity index (χ4v) is 3.82. The Kier molecular flexibility index (Phi) is 4.04. The van der Waals surface area contributed by atoms with Gasteiger partial charge < -0.3 is 20.3 Å². The molecule has 9 nitrogen and oxygen atoms in total. The van der Waals surface area contributed by atoms with Gasteiger partial charge in [-0.15, -0.1) is 11.3 Å². The molecule has 0 radical (unpaired) electrons. The van der Waals surface area contributed by atoms with Crippen LogP contribution in [0.25, 0.3) is 10.9 Å². The first-order chi connectivity index (χ1) is 13.0. The number of nitrogens with zero attached hydrogens (tertiary/aromatic N) is 2. The van der Waals surface area contributed by atoms with E-state index in [4.69, 9.17) is 9.84 Å². The molecule has 1 amide bonds. The lowest BCUT2D eigenvalue weighted by Gasteiger charge is -2.28. The van der Waals surface area contributed by atoms with E-state index in [1.165, 1.54) is 15.9 Å². The Balaban J connectivity index is 1.99. The molecule has 1 aromatic carbocycles. The molecule has 3 heterocycles. The molecular formula is C17H13N3O6S. The Bertz CT molecular complexity index is 1120. The van der Waals surface area contributed by atoms with E-state index in [0.717, 1.165) is 4.88 Å². The van der Waals surface area contributed by atoms with Crippen molar-refractivity contribution in [1.29, 1.82) is 0 Å². The van der Waals surface area contributed by atoms with Gasteiger partial charge in [-0.05, 0) is 12.1 Å². The first kappa shape index (κ1) is 17.0. The molecule has 3 N–H and O–H groups in total. The van der Waals surface area contributed by atoms with Gasteiger partial charge in [-0.3, -0.25) is 23.9 Å². The summed E-state index contributed by atoms with van der Waals surface area (Å²) in [5.74, 6) is -2.31. The van der Waals surface area contributed by atoms with Gasteiger partial charge in [0.05, 0.1) is 15.9 Å². The number of carboxylic acid groups (broad SMARTS) is 1. The molecule has 3 aromatic rings. The molecule has 1 unspecified atom stereocenters. The van der Waals surface area contributed by atoms with Gasteiger partial charge in [0.15, 0.2) is 0 Å². The van der Waals surface area contributed by atoms with Crippen molar-refractivity contribution in [2.45, 2.75) is 6.04 Å². The second-order valence-electron chi connectivity index (χ2n) is 5.86. The van der Waals surface area contributed by atoms with Crippen LogP contribution in [0.3, 0.4) is 0 Å². The molecule has 138 valence electrons. The number of benzene rings is 1. The molecular weight excluding hydrogens is 374 g/mol. The van der Waals surface area contributed by atoms with Crippen LogP contribution in [0.5, 0.6) is 11.5 Å². The molecule has 1 atom stereocenters. The molecule has 0 spiro atoms. The van der Waals surface area contributed by atoms with E-state index in [1.54, 1.807) is 29.9 Å². The summed E-state index contributed by atoms with van der Waals surface area (Å²) in [6, 6.07) is 4.36. The number of pyridine rings is 1. The van der Waals surface area contributed by atoms with E-state index in [1.807, 2.05) is 0 Å². The largest absolute Gasteiger partial charge is 0.506 e. The summed E-state index contributed by atoms with van der Waals surface area (Å²) >= 11 is 1.34. The van der Waals surface area contributed by atoms with Gasteiger partial charge in [-0.1, -0.05) is 6.07 Å². The van der Waals surface area contributed by atoms with Crippen LogP contribution in [0.1, 0.15) is 21.3 Å². The summed E-state index contributed by atoms with van der Waals surface area (Å²) in [6.45, 7) is -0.508. The van der Waals surface area contributed by atoms with Crippen molar-refractivity contribution >= 4 is 34.1 Å². The van der Waals surface area contributed by atoms with Crippen molar-refractivity contribution in [3.05, 3.63) is 50.7 Å². The molecule has 0 aliphatic carbocycles. The maximum Gasteiger partial charge on any atom is 0.322 e. The van der Waals surface area contributed by atoms with E-state index < -0.39 is 41.3 Å². The first-order valence-corrected chi connectivity index (χ1v) is 8.78. The molecule has 0 fully saturated rings. The highest BCUT2D eigenvalue weighted by Crippen LogP contribution is 2.38. The lowest BCUT2D eigenvalue weighted by Crippen LogP contribution is -2.39. The van der Waals surface area contributed by atoms with Gasteiger partial charge in [-0.2, -0.15) is 0 Å². The lowest BCUT2D eigenvalue weighted by atomic mass is 10.1. The zero-order chi connectivity index (χ0) is 19.1. The predicted molar refractivity (Wildman–Crippen MR) is 95.6 cm³/mol. The Hall–Kier alpha value is -3.40. The third-order valence-electron chi connectivity index (χ3n) is 4.28. The average Bonchev–Trinajstić information content (AvgIpc) is 3.18. The minimum Gasteiger partial charge on any atom is -0.506 e. The summed E-state index contributed by atoms with van der Waals surface area (Å²) in [5.41, 5.74) is 0.771. The van der Waals surface area contributed by atoms with Crippen LogP contribution in [0.15, 0.2) is 34.7 Å². The highest BCUT2D eigenvalue weighted by atomic mass is 32.1. The maximum atomic E-state index is 13.1. The Labute approximate surface area is 155 Å². The van der Waals surface area contributed by atoms with Crippen molar-refractivity contribution in [2.75, 3.05) is 13.2 Å². The fraction of sp³-hybridized carbons (Fsp3) is 0.176. The van der Waals surface area contributed by atoms with Gasteiger partial charge in [0.25, 0.3) is 11.5 Å². The summed E-state index contributed by atoms with van der Waals surface area (Å²) in [6.07, 6.45) is 1.61. The molecule has 0 saturated carbocycles. The number of carboxylic acids is 1. The van der Waals surface area contributed by atoms with E-state index in [9.17, 15) is 19.5 Å². The highest BCUT2D eigenvalue weighted by molar-refractivity contribution is 7.09. The summed E-state index contributed by atoms with van der Waals surface area (Å²) in [5, 5.41) is 21.7. The number of para-hydroxylation sites is 1. The molecule has 0 saturated heterocycles. The molecule has 4 rings (SSSR count). The van der Waals surface area contributed by atoms with Crippen LogP contribution in [0, 0.1) is 0 Å². The van der Waals surface area contributed by atoms with Crippen molar-refractivity contribution in [1.82, 2.24) is 14.9 Å². The van der Waals surface area contributed by atoms with Crippen molar-refractivity contribution in [2.24, 2.45) is 0 Å². The number of hydrogen-bond acceptors (Lipinski definition) is 7. The summed E-state index contributed by atoms with van der Waals surface area (Å²) in [4.78, 5) is 41.0. The van der Waals surface area contributed by atoms with E-state index in [0.29, 0.717) is 11.3 Å². The zero-order valence-corrected chi connectivity index (χ0v) is 14.5. The number of aliphatic carboxylic acids is 1. The smallest absolute Gasteiger partial charge is 0.322 e. The molecule has 0 bridgehead atoms. The highest BCUT2D eigenvalue weighted by Gasteiger charge is 2.31. The second kappa shape index (κ2) is 6.40. The van der Waals surface area contributed by atoms with Gasteiger partial charge in [-0.25, -0.2) is 0 Å². The van der Waals surface area contributed by atoms with Crippen LogP contribution in [-0.2, 0) is 4.79 Å². The molecule has 1 aliphatic rings. The van der Waals surface area contributed by atoms with E-state index >= 15 is 0 Å². The molecule has 27 heavy (non-hydrogen) atoms. The second-order valence-corrected chi connectivity index (χ2v) is 6.78. The third kappa shape index (κ3) is 2.70. The third-order valence-corrected chi connectivity index (χ3v) is 5.16. The number of thiazole rings is 1. The van der Waals surface area contributed by atoms with E-state index in [2.05, 4.69) is 10.3 Å². The maximum absolute atomic E-state index is 13.1. The van der Waals surface area contributed by atoms with Crippen LogP contribution >= 0.6 is 11.3 Å². The molecule has 10 heteroatoms.